The van der Waals surface area contributed by atoms with Crippen LogP contribution in [-0.2, 0) is 4.79 Å². The van der Waals surface area contributed by atoms with Gasteiger partial charge in [-0.25, -0.2) is 4.98 Å². The van der Waals surface area contributed by atoms with E-state index in [4.69, 9.17) is 0 Å². The number of thiazole rings is 1. The predicted molar refractivity (Wildman–Crippen MR) is 81.2 cm³/mol. The van der Waals surface area contributed by atoms with Gasteiger partial charge >= 0.3 is 0 Å². The molecule has 0 radical (unpaired) electrons. The summed E-state index contributed by atoms with van der Waals surface area (Å²) in [6.45, 7) is 4.56. The molecule has 2 fully saturated rings. The molecule has 3 rings (SSSR count). The van der Waals surface area contributed by atoms with Gasteiger partial charge in [-0.15, -0.1) is 11.3 Å². The van der Waals surface area contributed by atoms with Crippen LogP contribution < -0.4 is 10.2 Å². The molecular weight excluding hydrogens is 272 g/mol. The van der Waals surface area contributed by atoms with Gasteiger partial charge in [0.2, 0.25) is 5.91 Å². The van der Waals surface area contributed by atoms with Crippen molar-refractivity contribution >= 4 is 22.4 Å². The van der Waals surface area contributed by atoms with Crippen molar-refractivity contribution in [3.05, 3.63) is 11.6 Å². The Morgan fingerprint density at radius 3 is 2.95 bits per heavy atom. The molecule has 1 aromatic rings. The van der Waals surface area contributed by atoms with Crippen LogP contribution in [-0.4, -0.2) is 54.6 Å². The molecule has 0 spiro atoms. The van der Waals surface area contributed by atoms with Crippen molar-refractivity contribution in [2.75, 3.05) is 37.6 Å². The number of aromatic nitrogens is 1. The van der Waals surface area contributed by atoms with E-state index in [0.717, 1.165) is 50.7 Å². The number of rotatable bonds is 2. The molecule has 0 bridgehead atoms. The normalized spacial score (nSPS) is 24.5. The lowest BCUT2D eigenvalue weighted by Gasteiger charge is -2.29. The zero-order valence-corrected chi connectivity index (χ0v) is 12.6. The Bertz CT molecular complexity index is 430. The lowest BCUT2D eigenvalue weighted by molar-refractivity contribution is -0.133. The summed E-state index contributed by atoms with van der Waals surface area (Å²) in [6, 6.07) is 0.0511. The van der Waals surface area contributed by atoms with E-state index in [2.05, 4.69) is 15.2 Å². The molecule has 6 heteroatoms. The fourth-order valence-corrected chi connectivity index (χ4v) is 3.68. The minimum Gasteiger partial charge on any atom is -0.346 e. The van der Waals surface area contributed by atoms with Gasteiger partial charge in [0.05, 0.1) is 6.04 Å². The molecule has 5 nitrogen and oxygen atoms in total. The van der Waals surface area contributed by atoms with E-state index >= 15 is 0 Å². The Kier molecular flexibility index (Phi) is 4.52. The molecule has 0 aliphatic carbocycles. The van der Waals surface area contributed by atoms with E-state index in [1.807, 2.05) is 16.5 Å². The van der Waals surface area contributed by atoms with E-state index in [0.29, 0.717) is 5.91 Å². The molecule has 2 saturated heterocycles. The smallest absolute Gasteiger partial charge is 0.239 e. The summed E-state index contributed by atoms with van der Waals surface area (Å²) in [5.74, 6) is 0.297. The molecule has 1 aromatic heterocycles. The van der Waals surface area contributed by atoms with Crippen molar-refractivity contribution in [1.82, 2.24) is 15.2 Å². The minimum absolute atomic E-state index is 0.0511. The third kappa shape index (κ3) is 3.12. The number of amides is 1. The van der Waals surface area contributed by atoms with Gasteiger partial charge in [-0.2, -0.15) is 0 Å². The lowest BCUT2D eigenvalue weighted by atomic mass is 10.0. The Morgan fingerprint density at radius 2 is 2.20 bits per heavy atom. The average molecular weight is 294 g/mol. The minimum atomic E-state index is 0.0511. The van der Waals surface area contributed by atoms with Gasteiger partial charge in [-0.3, -0.25) is 4.79 Å². The summed E-state index contributed by atoms with van der Waals surface area (Å²) in [6.07, 6.45) is 6.23. The van der Waals surface area contributed by atoms with Crippen molar-refractivity contribution < 1.29 is 4.79 Å². The Labute approximate surface area is 124 Å². The second kappa shape index (κ2) is 6.54. The van der Waals surface area contributed by atoms with Crippen molar-refractivity contribution in [3.63, 3.8) is 0 Å². The lowest BCUT2D eigenvalue weighted by Crippen LogP contribution is -2.49. The summed E-state index contributed by atoms with van der Waals surface area (Å²) >= 11 is 1.68. The molecule has 1 N–H and O–H groups in total. The fraction of sp³-hybridized carbons (Fsp3) is 0.714. The molecule has 110 valence electrons. The van der Waals surface area contributed by atoms with Crippen LogP contribution in [0, 0.1) is 0 Å². The van der Waals surface area contributed by atoms with Gasteiger partial charge in [-0.1, -0.05) is 6.42 Å². The fourth-order valence-electron chi connectivity index (χ4n) is 2.98. The van der Waals surface area contributed by atoms with Crippen LogP contribution in [0.3, 0.4) is 0 Å². The molecular formula is C14H22N4OS. The van der Waals surface area contributed by atoms with Crippen LogP contribution in [0.25, 0.3) is 0 Å². The largest absolute Gasteiger partial charge is 0.346 e. The highest BCUT2D eigenvalue weighted by Gasteiger charge is 2.27. The molecule has 0 saturated carbocycles. The van der Waals surface area contributed by atoms with E-state index in [1.165, 1.54) is 12.8 Å². The molecule has 1 atom stereocenters. The maximum absolute atomic E-state index is 12.5. The number of carbonyl (C=O) groups excluding carboxylic acids is 1. The third-order valence-electron chi connectivity index (χ3n) is 4.11. The number of anilines is 1. The highest BCUT2D eigenvalue weighted by Crippen LogP contribution is 2.19. The summed E-state index contributed by atoms with van der Waals surface area (Å²) in [5.41, 5.74) is 0. The van der Waals surface area contributed by atoms with Crippen molar-refractivity contribution in [2.24, 2.45) is 0 Å². The topological polar surface area (TPSA) is 48.5 Å². The maximum atomic E-state index is 12.5. The van der Waals surface area contributed by atoms with Crippen LogP contribution in [0.4, 0.5) is 5.13 Å². The van der Waals surface area contributed by atoms with Gasteiger partial charge in [0.25, 0.3) is 0 Å². The highest BCUT2D eigenvalue weighted by molar-refractivity contribution is 7.13. The molecule has 2 aliphatic rings. The average Bonchev–Trinajstić information content (AvgIpc) is 2.92. The summed E-state index contributed by atoms with van der Waals surface area (Å²) < 4.78 is 0. The molecule has 1 amide bonds. The molecule has 20 heavy (non-hydrogen) atoms. The second-order valence-electron chi connectivity index (χ2n) is 5.48. The first-order chi connectivity index (χ1) is 9.84. The first-order valence-electron chi connectivity index (χ1n) is 7.51. The number of hydrogen-bond donors (Lipinski definition) is 1. The molecule has 0 aromatic carbocycles. The quantitative estimate of drug-likeness (QED) is 0.894. The number of nitrogens with zero attached hydrogens (tertiary/aromatic N) is 3. The first-order valence-corrected chi connectivity index (χ1v) is 8.39. The summed E-state index contributed by atoms with van der Waals surface area (Å²) in [7, 11) is 0. The highest BCUT2D eigenvalue weighted by atomic mass is 32.1. The molecule has 0 unspecified atom stereocenters. The van der Waals surface area contributed by atoms with Gasteiger partial charge in [-0.05, 0) is 25.8 Å². The van der Waals surface area contributed by atoms with E-state index in [1.54, 1.807) is 11.3 Å². The van der Waals surface area contributed by atoms with Gasteiger partial charge in [0.15, 0.2) is 5.13 Å². The third-order valence-corrected chi connectivity index (χ3v) is 4.94. The van der Waals surface area contributed by atoms with E-state index in [9.17, 15) is 4.79 Å². The van der Waals surface area contributed by atoms with Crippen LogP contribution in [0.15, 0.2) is 11.6 Å². The van der Waals surface area contributed by atoms with Gasteiger partial charge in [0.1, 0.15) is 0 Å². The first kappa shape index (κ1) is 13.8. The summed E-state index contributed by atoms with van der Waals surface area (Å²) in [5, 5.41) is 6.45. The second-order valence-corrected chi connectivity index (χ2v) is 6.36. The number of piperidine rings is 1. The summed E-state index contributed by atoms with van der Waals surface area (Å²) in [4.78, 5) is 21.2. The van der Waals surface area contributed by atoms with Gasteiger partial charge < -0.3 is 15.1 Å². The number of hydrogen-bond acceptors (Lipinski definition) is 5. The van der Waals surface area contributed by atoms with Crippen molar-refractivity contribution in [1.29, 1.82) is 0 Å². The van der Waals surface area contributed by atoms with Crippen LogP contribution in [0.1, 0.15) is 25.7 Å². The SMILES string of the molecule is O=C([C@H]1CCCCN1)N1CCCN(c2nccs2)CC1. The zero-order valence-electron chi connectivity index (χ0n) is 11.8. The van der Waals surface area contributed by atoms with Gasteiger partial charge in [0, 0.05) is 37.8 Å². The van der Waals surface area contributed by atoms with E-state index in [-0.39, 0.29) is 6.04 Å². The standard InChI is InChI=1S/C14H22N4OS/c19-13(12-4-1-2-5-15-12)17-7-3-8-18(10-9-17)14-16-6-11-20-14/h6,11-12,15H,1-5,7-10H2/t12-/m1/s1. The Hall–Kier alpha value is -1.14. The van der Waals surface area contributed by atoms with E-state index < -0.39 is 0 Å². The predicted octanol–water partition coefficient (Wildman–Crippen LogP) is 1.32. The molecule has 2 aliphatic heterocycles. The van der Waals surface area contributed by atoms with Crippen LogP contribution in [0.2, 0.25) is 0 Å². The maximum Gasteiger partial charge on any atom is 0.239 e. The van der Waals surface area contributed by atoms with Crippen molar-refractivity contribution in [3.8, 4) is 0 Å². The number of carbonyl (C=O) groups is 1. The van der Waals surface area contributed by atoms with Crippen LogP contribution in [0.5, 0.6) is 0 Å². The monoisotopic (exact) mass is 294 g/mol. The number of nitrogens with one attached hydrogen (secondary N) is 1. The Balaban J connectivity index is 1.57. The molecule has 3 heterocycles. The van der Waals surface area contributed by atoms with Crippen molar-refractivity contribution in [2.45, 2.75) is 31.7 Å². The Morgan fingerprint density at radius 1 is 1.25 bits per heavy atom. The zero-order chi connectivity index (χ0) is 13.8. The van der Waals surface area contributed by atoms with Crippen LogP contribution >= 0.6 is 11.3 Å².